The van der Waals surface area contributed by atoms with Gasteiger partial charge in [0, 0.05) is 37.7 Å². The van der Waals surface area contributed by atoms with E-state index >= 15 is 0 Å². The predicted molar refractivity (Wildman–Crippen MR) is 85.0 cm³/mol. The van der Waals surface area contributed by atoms with E-state index in [1.165, 1.54) is 13.1 Å². The molecule has 1 aromatic carbocycles. The summed E-state index contributed by atoms with van der Waals surface area (Å²) < 4.78 is 5.91. The highest BCUT2D eigenvalue weighted by molar-refractivity contribution is 6.31. The minimum absolute atomic E-state index is 0.744. The van der Waals surface area contributed by atoms with Crippen LogP contribution < -0.4 is 4.74 Å². The zero-order chi connectivity index (χ0) is 14.5. The Morgan fingerprint density at radius 2 is 1.70 bits per heavy atom. The van der Waals surface area contributed by atoms with E-state index in [9.17, 15) is 0 Å². The Hall–Kier alpha value is -0.770. The van der Waals surface area contributed by atoms with Crippen LogP contribution in [-0.4, -0.2) is 55.7 Å². The van der Waals surface area contributed by atoms with Gasteiger partial charge in [0.1, 0.15) is 12.4 Å². The van der Waals surface area contributed by atoms with Crippen molar-refractivity contribution >= 4 is 11.6 Å². The molecule has 0 bridgehead atoms. The van der Waals surface area contributed by atoms with Crippen LogP contribution >= 0.6 is 11.6 Å². The number of hydrogen-bond acceptors (Lipinski definition) is 3. The molecule has 3 nitrogen and oxygen atoms in total. The zero-order valence-electron chi connectivity index (χ0n) is 12.8. The first-order valence-corrected chi connectivity index (χ1v) is 7.82. The quantitative estimate of drug-likeness (QED) is 0.831. The minimum atomic E-state index is 0.744. The minimum Gasteiger partial charge on any atom is -0.492 e. The average molecular weight is 297 g/mol. The summed E-state index contributed by atoms with van der Waals surface area (Å²) in [6, 6.07) is 3.89. The highest BCUT2D eigenvalue weighted by Crippen LogP contribution is 2.27. The first-order valence-electron chi connectivity index (χ1n) is 7.45. The lowest BCUT2D eigenvalue weighted by Crippen LogP contribution is -2.47. The Kier molecular flexibility index (Phi) is 5.70. The van der Waals surface area contributed by atoms with Gasteiger partial charge in [-0.15, -0.1) is 0 Å². The van der Waals surface area contributed by atoms with Gasteiger partial charge in [-0.2, -0.15) is 0 Å². The van der Waals surface area contributed by atoms with Crippen LogP contribution in [0.25, 0.3) is 0 Å². The van der Waals surface area contributed by atoms with Crippen LogP contribution in [0.4, 0.5) is 0 Å². The molecule has 0 radical (unpaired) electrons. The molecule has 0 spiro atoms. The van der Waals surface area contributed by atoms with E-state index in [1.807, 2.05) is 19.1 Å². The summed E-state index contributed by atoms with van der Waals surface area (Å²) in [7, 11) is 0. The van der Waals surface area contributed by atoms with Gasteiger partial charge in [0.05, 0.1) is 0 Å². The van der Waals surface area contributed by atoms with Gasteiger partial charge >= 0.3 is 0 Å². The first-order chi connectivity index (χ1) is 9.61. The summed E-state index contributed by atoms with van der Waals surface area (Å²) >= 11 is 6.10. The molecular formula is C16H25ClN2O. The van der Waals surface area contributed by atoms with Crippen LogP contribution in [0.5, 0.6) is 5.75 Å². The van der Waals surface area contributed by atoms with Crippen LogP contribution in [0.3, 0.4) is 0 Å². The molecule has 0 aliphatic carbocycles. The highest BCUT2D eigenvalue weighted by Gasteiger charge is 2.15. The van der Waals surface area contributed by atoms with Crippen molar-refractivity contribution in [3.05, 3.63) is 28.3 Å². The van der Waals surface area contributed by atoms with Crippen molar-refractivity contribution in [2.24, 2.45) is 0 Å². The standard InChI is InChI=1S/C16H25ClN2O/c1-4-18-7-9-19(10-8-18)11-12-20-16-6-5-15(17)13(2)14(16)3/h5-6H,4,7-12H2,1-3H3. The Balaban J connectivity index is 1.78. The summed E-state index contributed by atoms with van der Waals surface area (Å²) in [5.41, 5.74) is 2.26. The molecule has 1 aromatic rings. The van der Waals surface area contributed by atoms with Crippen LogP contribution in [-0.2, 0) is 0 Å². The fourth-order valence-corrected chi connectivity index (χ4v) is 2.74. The Bertz CT molecular complexity index is 442. The second kappa shape index (κ2) is 7.30. The number of benzene rings is 1. The molecule has 0 amide bonds. The Morgan fingerprint density at radius 3 is 2.35 bits per heavy atom. The van der Waals surface area contributed by atoms with E-state index in [0.29, 0.717) is 0 Å². The average Bonchev–Trinajstić information content (AvgIpc) is 2.48. The molecule has 0 N–H and O–H groups in total. The third-order valence-corrected chi connectivity index (χ3v) is 4.66. The van der Waals surface area contributed by atoms with Crippen LogP contribution in [0.1, 0.15) is 18.1 Å². The molecule has 1 aliphatic heterocycles. The number of ether oxygens (including phenoxy) is 1. The number of halogens is 1. The molecule has 20 heavy (non-hydrogen) atoms. The second-order valence-electron chi connectivity index (χ2n) is 5.42. The van der Waals surface area contributed by atoms with Crippen molar-refractivity contribution in [3.63, 3.8) is 0 Å². The molecule has 1 fully saturated rings. The molecule has 1 heterocycles. The summed E-state index contributed by atoms with van der Waals surface area (Å²) in [5, 5.41) is 0.811. The van der Waals surface area contributed by atoms with Gasteiger partial charge in [-0.1, -0.05) is 18.5 Å². The maximum absolute atomic E-state index is 6.10. The summed E-state index contributed by atoms with van der Waals surface area (Å²) in [6.07, 6.45) is 0. The number of rotatable bonds is 5. The maximum atomic E-state index is 6.10. The smallest absolute Gasteiger partial charge is 0.122 e. The number of piperazine rings is 1. The lowest BCUT2D eigenvalue weighted by atomic mass is 10.1. The third kappa shape index (κ3) is 3.87. The van der Waals surface area contributed by atoms with Crippen molar-refractivity contribution in [1.82, 2.24) is 9.80 Å². The van der Waals surface area contributed by atoms with Gasteiger partial charge in [0.15, 0.2) is 0 Å². The maximum Gasteiger partial charge on any atom is 0.122 e. The first kappa shape index (κ1) is 15.6. The fourth-order valence-electron chi connectivity index (χ4n) is 2.53. The summed E-state index contributed by atoms with van der Waals surface area (Å²) in [4.78, 5) is 4.97. The summed E-state index contributed by atoms with van der Waals surface area (Å²) in [6.45, 7) is 13.9. The van der Waals surface area contributed by atoms with Crippen LogP contribution in [0.2, 0.25) is 5.02 Å². The van der Waals surface area contributed by atoms with Crippen molar-refractivity contribution in [2.45, 2.75) is 20.8 Å². The van der Waals surface area contributed by atoms with Crippen molar-refractivity contribution < 1.29 is 4.74 Å². The second-order valence-corrected chi connectivity index (χ2v) is 5.83. The van der Waals surface area contributed by atoms with Crippen LogP contribution in [0.15, 0.2) is 12.1 Å². The molecule has 2 rings (SSSR count). The molecule has 0 atom stereocenters. The lowest BCUT2D eigenvalue weighted by Gasteiger charge is -2.33. The van der Waals surface area contributed by atoms with E-state index in [2.05, 4.69) is 23.6 Å². The molecule has 0 unspecified atom stereocenters. The van der Waals surface area contributed by atoms with Gasteiger partial charge in [-0.05, 0) is 43.7 Å². The number of likely N-dealkylation sites (N-methyl/N-ethyl adjacent to an activating group) is 1. The van der Waals surface area contributed by atoms with Crippen molar-refractivity contribution in [3.8, 4) is 5.75 Å². The third-order valence-electron chi connectivity index (χ3n) is 4.25. The number of hydrogen-bond donors (Lipinski definition) is 0. The Morgan fingerprint density at radius 1 is 1.05 bits per heavy atom. The zero-order valence-corrected chi connectivity index (χ0v) is 13.5. The van der Waals surface area contributed by atoms with Gasteiger partial charge in [-0.3, -0.25) is 4.90 Å². The topological polar surface area (TPSA) is 15.7 Å². The molecule has 4 heteroatoms. The van der Waals surface area contributed by atoms with E-state index < -0.39 is 0 Å². The van der Waals surface area contributed by atoms with Crippen LogP contribution in [0, 0.1) is 13.8 Å². The Labute approximate surface area is 127 Å². The van der Waals surface area contributed by atoms with Gasteiger partial charge < -0.3 is 9.64 Å². The number of nitrogens with zero attached hydrogens (tertiary/aromatic N) is 2. The molecular weight excluding hydrogens is 272 g/mol. The molecule has 1 saturated heterocycles. The van der Waals surface area contributed by atoms with E-state index in [4.69, 9.17) is 16.3 Å². The van der Waals surface area contributed by atoms with E-state index in [-0.39, 0.29) is 0 Å². The fraction of sp³-hybridized carbons (Fsp3) is 0.625. The highest BCUT2D eigenvalue weighted by atomic mass is 35.5. The predicted octanol–water partition coefficient (Wildman–Crippen LogP) is 2.97. The SMILES string of the molecule is CCN1CCN(CCOc2ccc(Cl)c(C)c2C)CC1. The largest absolute Gasteiger partial charge is 0.492 e. The monoisotopic (exact) mass is 296 g/mol. The molecule has 0 saturated carbocycles. The summed E-state index contributed by atoms with van der Waals surface area (Å²) in [5.74, 6) is 0.957. The van der Waals surface area contributed by atoms with Gasteiger partial charge in [0.2, 0.25) is 0 Å². The van der Waals surface area contributed by atoms with Gasteiger partial charge in [0.25, 0.3) is 0 Å². The van der Waals surface area contributed by atoms with Crippen molar-refractivity contribution in [1.29, 1.82) is 0 Å². The van der Waals surface area contributed by atoms with Gasteiger partial charge in [-0.25, -0.2) is 0 Å². The molecule has 1 aliphatic rings. The van der Waals surface area contributed by atoms with E-state index in [0.717, 1.165) is 54.7 Å². The normalized spacial score (nSPS) is 17.4. The lowest BCUT2D eigenvalue weighted by molar-refractivity contribution is 0.120. The molecule has 0 aromatic heterocycles. The van der Waals surface area contributed by atoms with E-state index in [1.54, 1.807) is 0 Å². The van der Waals surface area contributed by atoms with Crippen molar-refractivity contribution in [2.75, 3.05) is 45.9 Å². The molecule has 112 valence electrons.